The summed E-state index contributed by atoms with van der Waals surface area (Å²) in [6.45, 7) is 0.746. The molecule has 2 aromatic rings. The van der Waals surface area contributed by atoms with E-state index < -0.39 is 6.10 Å². The van der Waals surface area contributed by atoms with Gasteiger partial charge >= 0.3 is 0 Å². The average molecular weight is 339 g/mol. The maximum atomic E-state index is 10.4. The first-order valence-corrected chi connectivity index (χ1v) is 7.29. The van der Waals surface area contributed by atoms with E-state index in [0.717, 1.165) is 27.8 Å². The summed E-state index contributed by atoms with van der Waals surface area (Å²) >= 11 is 9.50. The SMILES string of the molecule is O[C@@H]1Cc2ccc(Br)cc2CNc2ccc(Cl)cc21. The molecule has 0 aliphatic carbocycles. The Morgan fingerprint density at radius 3 is 2.84 bits per heavy atom. The molecule has 0 aromatic heterocycles. The molecule has 0 spiro atoms. The van der Waals surface area contributed by atoms with Crippen molar-refractivity contribution in [1.29, 1.82) is 0 Å². The maximum absolute atomic E-state index is 10.4. The van der Waals surface area contributed by atoms with Gasteiger partial charge in [-0.3, -0.25) is 0 Å². The van der Waals surface area contributed by atoms with Crippen molar-refractivity contribution >= 4 is 33.2 Å². The largest absolute Gasteiger partial charge is 0.388 e. The molecule has 1 heterocycles. The minimum atomic E-state index is -0.540. The second kappa shape index (κ2) is 5.16. The van der Waals surface area contributed by atoms with E-state index in [1.165, 1.54) is 5.56 Å². The predicted molar refractivity (Wildman–Crippen MR) is 81.6 cm³/mol. The van der Waals surface area contributed by atoms with Gasteiger partial charge in [-0.15, -0.1) is 0 Å². The van der Waals surface area contributed by atoms with E-state index in [-0.39, 0.29) is 0 Å². The van der Waals surface area contributed by atoms with Gasteiger partial charge in [-0.2, -0.15) is 0 Å². The van der Waals surface area contributed by atoms with Crippen molar-refractivity contribution in [2.24, 2.45) is 0 Å². The zero-order chi connectivity index (χ0) is 13.4. The summed E-state index contributed by atoms with van der Waals surface area (Å²) in [4.78, 5) is 0. The van der Waals surface area contributed by atoms with Crippen LogP contribution in [0.5, 0.6) is 0 Å². The molecular weight excluding hydrogens is 326 g/mol. The van der Waals surface area contributed by atoms with Crippen molar-refractivity contribution in [3.8, 4) is 0 Å². The van der Waals surface area contributed by atoms with Gasteiger partial charge in [0.2, 0.25) is 0 Å². The molecule has 98 valence electrons. The van der Waals surface area contributed by atoms with Gasteiger partial charge in [0.15, 0.2) is 0 Å². The molecule has 0 amide bonds. The van der Waals surface area contributed by atoms with Crippen molar-refractivity contribution < 1.29 is 5.11 Å². The first-order chi connectivity index (χ1) is 9.13. The fraction of sp³-hybridized carbons (Fsp3) is 0.200. The van der Waals surface area contributed by atoms with Crippen molar-refractivity contribution in [2.45, 2.75) is 19.1 Å². The van der Waals surface area contributed by atoms with E-state index in [9.17, 15) is 5.11 Å². The molecule has 4 heteroatoms. The zero-order valence-corrected chi connectivity index (χ0v) is 12.5. The molecule has 0 fully saturated rings. The second-order valence-electron chi connectivity index (χ2n) is 4.72. The Hall–Kier alpha value is -1.03. The highest BCUT2D eigenvalue weighted by atomic mass is 79.9. The van der Waals surface area contributed by atoms with Crippen LogP contribution in [-0.4, -0.2) is 5.11 Å². The number of benzene rings is 2. The third-order valence-electron chi connectivity index (χ3n) is 3.42. The number of hydrogen-bond donors (Lipinski definition) is 2. The van der Waals surface area contributed by atoms with Crippen molar-refractivity contribution in [3.63, 3.8) is 0 Å². The lowest BCUT2D eigenvalue weighted by molar-refractivity contribution is 0.178. The molecule has 0 saturated carbocycles. The number of anilines is 1. The van der Waals surface area contributed by atoms with Crippen molar-refractivity contribution in [1.82, 2.24) is 0 Å². The maximum Gasteiger partial charge on any atom is 0.0850 e. The second-order valence-corrected chi connectivity index (χ2v) is 6.07. The third kappa shape index (κ3) is 2.64. The van der Waals surface area contributed by atoms with Gasteiger partial charge in [0.25, 0.3) is 0 Å². The van der Waals surface area contributed by atoms with E-state index in [1.54, 1.807) is 0 Å². The molecule has 0 radical (unpaired) electrons. The third-order valence-corrected chi connectivity index (χ3v) is 4.15. The topological polar surface area (TPSA) is 32.3 Å². The summed E-state index contributed by atoms with van der Waals surface area (Å²) in [5.41, 5.74) is 4.17. The Bertz CT molecular complexity index is 630. The van der Waals surface area contributed by atoms with Crippen LogP contribution in [0.4, 0.5) is 5.69 Å². The number of hydrogen-bond acceptors (Lipinski definition) is 2. The summed E-state index contributed by atoms with van der Waals surface area (Å²) < 4.78 is 1.06. The Morgan fingerprint density at radius 1 is 1.16 bits per heavy atom. The Kier molecular flexibility index (Phi) is 3.52. The van der Waals surface area contributed by atoms with Gasteiger partial charge in [0, 0.05) is 33.7 Å². The summed E-state index contributed by atoms with van der Waals surface area (Å²) in [5, 5.41) is 14.4. The Labute approximate surface area is 125 Å². The van der Waals surface area contributed by atoms with Gasteiger partial charge in [0.1, 0.15) is 0 Å². The normalized spacial score (nSPS) is 17.7. The standard InChI is InChI=1S/C15H13BrClNO/c16-11-2-1-9-6-15(19)13-7-12(17)3-4-14(13)18-8-10(9)5-11/h1-5,7,15,18-19H,6,8H2/t15-/m1/s1. The minimum absolute atomic E-state index is 0.540. The van der Waals surface area contributed by atoms with Gasteiger partial charge < -0.3 is 10.4 Å². The fourth-order valence-electron chi connectivity index (χ4n) is 2.44. The molecule has 2 nitrogen and oxygen atoms in total. The van der Waals surface area contributed by atoms with Crippen LogP contribution < -0.4 is 5.32 Å². The highest BCUT2D eigenvalue weighted by molar-refractivity contribution is 9.10. The molecular formula is C15H13BrClNO. The average Bonchev–Trinajstić information content (AvgIpc) is 2.38. The fourth-order valence-corrected chi connectivity index (χ4v) is 3.03. The molecule has 0 saturated heterocycles. The van der Waals surface area contributed by atoms with Crippen LogP contribution in [0, 0.1) is 0 Å². The predicted octanol–water partition coefficient (Wildman–Crippen LogP) is 4.30. The molecule has 2 aromatic carbocycles. The van der Waals surface area contributed by atoms with Crippen molar-refractivity contribution in [3.05, 3.63) is 62.6 Å². The van der Waals surface area contributed by atoms with E-state index in [4.69, 9.17) is 11.6 Å². The molecule has 19 heavy (non-hydrogen) atoms. The Balaban J connectivity index is 2.03. The van der Waals surface area contributed by atoms with E-state index in [0.29, 0.717) is 11.4 Å². The highest BCUT2D eigenvalue weighted by Gasteiger charge is 2.18. The van der Waals surface area contributed by atoms with Crippen LogP contribution in [0.1, 0.15) is 22.8 Å². The summed E-state index contributed by atoms with van der Waals surface area (Å²) in [5.74, 6) is 0. The molecule has 2 N–H and O–H groups in total. The number of rotatable bonds is 0. The molecule has 1 atom stereocenters. The van der Waals surface area contributed by atoms with E-state index in [1.807, 2.05) is 24.3 Å². The van der Waals surface area contributed by atoms with E-state index >= 15 is 0 Å². The van der Waals surface area contributed by atoms with Gasteiger partial charge in [-0.1, -0.05) is 33.6 Å². The monoisotopic (exact) mass is 337 g/mol. The molecule has 1 aliphatic heterocycles. The van der Waals surface area contributed by atoms with Gasteiger partial charge in [0.05, 0.1) is 6.10 Å². The van der Waals surface area contributed by atoms with E-state index in [2.05, 4.69) is 33.4 Å². The van der Waals surface area contributed by atoms with Gasteiger partial charge in [-0.25, -0.2) is 0 Å². The minimum Gasteiger partial charge on any atom is -0.388 e. The first kappa shape index (κ1) is 13.0. The van der Waals surface area contributed by atoms with Crippen LogP contribution in [0.2, 0.25) is 5.02 Å². The zero-order valence-electron chi connectivity index (χ0n) is 10.2. The number of nitrogens with one attached hydrogen (secondary N) is 1. The van der Waals surface area contributed by atoms with Crippen LogP contribution in [0.3, 0.4) is 0 Å². The lowest BCUT2D eigenvalue weighted by Gasteiger charge is -2.23. The number of aliphatic hydroxyl groups excluding tert-OH is 1. The highest BCUT2D eigenvalue weighted by Crippen LogP contribution is 2.32. The molecule has 0 bridgehead atoms. The quantitative estimate of drug-likeness (QED) is 0.750. The van der Waals surface area contributed by atoms with Crippen LogP contribution in [-0.2, 0) is 13.0 Å². The van der Waals surface area contributed by atoms with Gasteiger partial charge in [-0.05, 0) is 41.5 Å². The molecule has 0 unspecified atom stereocenters. The number of aliphatic hydroxyl groups is 1. The smallest absolute Gasteiger partial charge is 0.0850 e. The summed E-state index contributed by atoms with van der Waals surface area (Å²) in [7, 11) is 0. The number of fused-ring (bicyclic) bond motifs is 2. The lowest BCUT2D eigenvalue weighted by Crippen LogP contribution is -2.14. The molecule has 1 aliphatic rings. The lowest BCUT2D eigenvalue weighted by atomic mass is 9.94. The Morgan fingerprint density at radius 2 is 2.00 bits per heavy atom. The number of halogens is 2. The van der Waals surface area contributed by atoms with Crippen LogP contribution in [0.15, 0.2) is 40.9 Å². The summed E-state index contributed by atoms with van der Waals surface area (Å²) in [6, 6.07) is 11.7. The van der Waals surface area contributed by atoms with Crippen molar-refractivity contribution in [2.75, 3.05) is 5.32 Å². The van der Waals surface area contributed by atoms with Crippen LogP contribution in [0.25, 0.3) is 0 Å². The summed E-state index contributed by atoms with van der Waals surface area (Å²) in [6.07, 6.45) is 0.0684. The van der Waals surface area contributed by atoms with Crippen LogP contribution >= 0.6 is 27.5 Å². The molecule has 3 rings (SSSR count). The first-order valence-electron chi connectivity index (χ1n) is 6.12.